The number of aryl methyl sites for hydroxylation is 2. The van der Waals surface area contributed by atoms with Gasteiger partial charge in [0.2, 0.25) is 0 Å². The Morgan fingerprint density at radius 1 is 1.33 bits per heavy atom. The molecule has 0 fully saturated rings. The van der Waals surface area contributed by atoms with Crippen molar-refractivity contribution in [3.63, 3.8) is 0 Å². The fourth-order valence-corrected chi connectivity index (χ4v) is 2.43. The van der Waals surface area contributed by atoms with Gasteiger partial charge in [-0.15, -0.1) is 0 Å². The third-order valence-electron chi connectivity index (χ3n) is 3.89. The van der Waals surface area contributed by atoms with Crippen molar-refractivity contribution in [1.82, 2.24) is 4.90 Å². The first-order valence-electron chi connectivity index (χ1n) is 7.28. The van der Waals surface area contributed by atoms with Gasteiger partial charge in [-0.05, 0) is 50.9 Å². The Morgan fingerprint density at radius 2 is 2.05 bits per heavy atom. The lowest BCUT2D eigenvalue weighted by Gasteiger charge is -2.18. The molecule has 114 valence electrons. The zero-order valence-corrected chi connectivity index (χ0v) is 13.1. The van der Waals surface area contributed by atoms with Gasteiger partial charge in [-0.25, -0.2) is 4.79 Å². The predicted octanol–water partition coefficient (Wildman–Crippen LogP) is 2.61. The van der Waals surface area contributed by atoms with Crippen molar-refractivity contribution in [2.75, 3.05) is 13.6 Å². The van der Waals surface area contributed by atoms with Crippen LogP contribution in [0.1, 0.15) is 30.0 Å². The van der Waals surface area contributed by atoms with Crippen LogP contribution >= 0.6 is 0 Å². The number of fused-ring (bicyclic) bond motifs is 1. The molecule has 0 radical (unpaired) electrons. The summed E-state index contributed by atoms with van der Waals surface area (Å²) in [5.41, 5.74) is 3.47. The molecule has 4 nitrogen and oxygen atoms in total. The maximum atomic E-state index is 11.8. The maximum Gasteiger partial charge on any atom is 0.336 e. The van der Waals surface area contributed by atoms with Crippen LogP contribution in [0.3, 0.4) is 0 Å². The van der Waals surface area contributed by atoms with Crippen LogP contribution in [-0.2, 0) is 6.54 Å². The summed E-state index contributed by atoms with van der Waals surface area (Å²) >= 11 is 0. The molecule has 21 heavy (non-hydrogen) atoms. The van der Waals surface area contributed by atoms with Gasteiger partial charge in [0, 0.05) is 24.5 Å². The molecule has 0 bridgehead atoms. The van der Waals surface area contributed by atoms with Gasteiger partial charge >= 0.3 is 5.63 Å². The average molecular weight is 289 g/mol. The Balaban J connectivity index is 2.36. The number of aliphatic hydroxyl groups is 1. The summed E-state index contributed by atoms with van der Waals surface area (Å²) in [7, 11) is 1.99. The molecule has 0 saturated heterocycles. The van der Waals surface area contributed by atoms with E-state index in [-0.39, 0.29) is 11.7 Å². The monoisotopic (exact) mass is 289 g/mol. The van der Waals surface area contributed by atoms with Gasteiger partial charge in [0.1, 0.15) is 5.58 Å². The standard InChI is InChI=1S/C17H23NO3/c1-11-5-6-15-14(10-18(4)8-7-12(2)19)9-16(20)21-17(15)13(11)3/h5-6,9,12,19H,7-8,10H2,1-4H3. The molecule has 1 heterocycles. The second-order valence-corrected chi connectivity index (χ2v) is 5.85. The topological polar surface area (TPSA) is 53.7 Å². The van der Waals surface area contributed by atoms with E-state index < -0.39 is 0 Å². The summed E-state index contributed by atoms with van der Waals surface area (Å²) in [5.74, 6) is 0. The smallest absolute Gasteiger partial charge is 0.336 e. The lowest BCUT2D eigenvalue weighted by molar-refractivity contribution is 0.163. The molecule has 2 rings (SSSR count). The fourth-order valence-electron chi connectivity index (χ4n) is 2.43. The third kappa shape index (κ3) is 3.71. The minimum absolute atomic E-state index is 0.310. The zero-order valence-electron chi connectivity index (χ0n) is 13.1. The van der Waals surface area contributed by atoms with Gasteiger partial charge in [-0.3, -0.25) is 0 Å². The van der Waals surface area contributed by atoms with Crippen LogP contribution in [0.5, 0.6) is 0 Å². The van der Waals surface area contributed by atoms with E-state index >= 15 is 0 Å². The fraction of sp³-hybridized carbons (Fsp3) is 0.471. The summed E-state index contributed by atoms with van der Waals surface area (Å²) in [6.45, 7) is 7.21. The van der Waals surface area contributed by atoms with Crippen molar-refractivity contribution < 1.29 is 9.52 Å². The average Bonchev–Trinajstić information content (AvgIpc) is 2.41. The number of aliphatic hydroxyl groups excluding tert-OH is 1. The Morgan fingerprint density at radius 3 is 2.71 bits per heavy atom. The second-order valence-electron chi connectivity index (χ2n) is 5.85. The molecule has 4 heteroatoms. The highest BCUT2D eigenvalue weighted by atomic mass is 16.4. The Labute approximate surface area is 125 Å². The van der Waals surface area contributed by atoms with E-state index in [0.29, 0.717) is 18.5 Å². The van der Waals surface area contributed by atoms with Gasteiger partial charge in [0.15, 0.2) is 0 Å². The van der Waals surface area contributed by atoms with Crippen LogP contribution < -0.4 is 5.63 Å². The van der Waals surface area contributed by atoms with Crippen molar-refractivity contribution in [2.24, 2.45) is 0 Å². The summed E-state index contributed by atoms with van der Waals surface area (Å²) in [6, 6.07) is 5.63. The Hall–Kier alpha value is -1.65. The van der Waals surface area contributed by atoms with Crippen LogP contribution in [0.25, 0.3) is 11.0 Å². The van der Waals surface area contributed by atoms with E-state index in [1.165, 1.54) is 0 Å². The molecule has 1 aromatic heterocycles. The van der Waals surface area contributed by atoms with Crippen molar-refractivity contribution in [3.8, 4) is 0 Å². The number of rotatable bonds is 5. The van der Waals surface area contributed by atoms with E-state index in [0.717, 1.165) is 28.6 Å². The highest BCUT2D eigenvalue weighted by Gasteiger charge is 2.11. The molecule has 2 aromatic rings. The largest absolute Gasteiger partial charge is 0.422 e. The van der Waals surface area contributed by atoms with Gasteiger partial charge < -0.3 is 14.4 Å². The SMILES string of the molecule is Cc1ccc2c(CN(C)CCC(C)O)cc(=O)oc2c1C. The first-order chi connectivity index (χ1) is 9.88. The van der Waals surface area contributed by atoms with Gasteiger partial charge in [-0.1, -0.05) is 12.1 Å². The number of hydrogen-bond acceptors (Lipinski definition) is 4. The molecule has 0 aliphatic heterocycles. The van der Waals surface area contributed by atoms with Gasteiger partial charge in [0.05, 0.1) is 6.10 Å². The van der Waals surface area contributed by atoms with Crippen LogP contribution in [-0.4, -0.2) is 29.7 Å². The molecule has 0 saturated carbocycles. The molecule has 0 aliphatic carbocycles. The summed E-state index contributed by atoms with van der Waals surface area (Å²) in [4.78, 5) is 13.9. The maximum absolute atomic E-state index is 11.8. The highest BCUT2D eigenvalue weighted by Crippen LogP contribution is 2.23. The molecule has 0 aliphatic rings. The molecular weight excluding hydrogens is 266 g/mol. The number of hydrogen-bond donors (Lipinski definition) is 1. The van der Waals surface area contributed by atoms with Crippen LogP contribution in [0.4, 0.5) is 0 Å². The van der Waals surface area contributed by atoms with Crippen molar-refractivity contribution in [1.29, 1.82) is 0 Å². The highest BCUT2D eigenvalue weighted by molar-refractivity contribution is 5.83. The summed E-state index contributed by atoms with van der Waals surface area (Å²) < 4.78 is 5.38. The number of nitrogens with zero attached hydrogens (tertiary/aromatic N) is 1. The molecule has 0 amide bonds. The molecule has 1 N–H and O–H groups in total. The van der Waals surface area contributed by atoms with E-state index in [1.807, 2.05) is 27.0 Å². The quantitative estimate of drug-likeness (QED) is 0.860. The summed E-state index contributed by atoms with van der Waals surface area (Å²) in [6.07, 6.45) is 0.406. The van der Waals surface area contributed by atoms with Crippen molar-refractivity contribution >= 4 is 11.0 Å². The van der Waals surface area contributed by atoms with Crippen LogP contribution in [0, 0.1) is 13.8 Å². The lowest BCUT2D eigenvalue weighted by Crippen LogP contribution is -2.22. The summed E-state index contributed by atoms with van der Waals surface area (Å²) in [5, 5.41) is 10.3. The van der Waals surface area contributed by atoms with Gasteiger partial charge in [0.25, 0.3) is 0 Å². The molecule has 1 aromatic carbocycles. The van der Waals surface area contributed by atoms with Crippen LogP contribution in [0.2, 0.25) is 0 Å². The van der Waals surface area contributed by atoms with E-state index in [4.69, 9.17) is 4.42 Å². The minimum Gasteiger partial charge on any atom is -0.422 e. The van der Waals surface area contributed by atoms with Crippen molar-refractivity contribution in [3.05, 3.63) is 45.3 Å². The molecular formula is C17H23NO3. The number of benzene rings is 1. The normalized spacial score (nSPS) is 13.0. The van der Waals surface area contributed by atoms with Crippen LogP contribution in [0.15, 0.2) is 27.4 Å². The Kier molecular flexibility index (Phi) is 4.80. The molecule has 1 atom stereocenters. The lowest BCUT2D eigenvalue weighted by atomic mass is 10.0. The first kappa shape index (κ1) is 15.7. The van der Waals surface area contributed by atoms with E-state index in [1.54, 1.807) is 13.0 Å². The van der Waals surface area contributed by atoms with E-state index in [9.17, 15) is 9.90 Å². The zero-order chi connectivity index (χ0) is 15.6. The molecule has 0 spiro atoms. The Bertz CT molecular complexity index is 688. The molecule has 1 unspecified atom stereocenters. The minimum atomic E-state index is -0.310. The van der Waals surface area contributed by atoms with E-state index in [2.05, 4.69) is 11.0 Å². The third-order valence-corrected chi connectivity index (χ3v) is 3.89. The first-order valence-corrected chi connectivity index (χ1v) is 7.28. The second kappa shape index (κ2) is 6.41. The predicted molar refractivity (Wildman–Crippen MR) is 84.6 cm³/mol. The van der Waals surface area contributed by atoms with Gasteiger partial charge in [-0.2, -0.15) is 0 Å². The van der Waals surface area contributed by atoms with Crippen molar-refractivity contribution in [2.45, 2.75) is 39.8 Å².